The van der Waals surface area contributed by atoms with Crippen molar-refractivity contribution in [3.63, 3.8) is 0 Å². The molecular weight excluding hydrogens is 288 g/mol. The summed E-state index contributed by atoms with van der Waals surface area (Å²) >= 11 is 0. The van der Waals surface area contributed by atoms with E-state index in [1.165, 1.54) is 11.9 Å². The van der Waals surface area contributed by atoms with Crippen LogP contribution in [0.5, 0.6) is 0 Å². The number of carbonyl (C=O) groups is 1. The van der Waals surface area contributed by atoms with Gasteiger partial charge in [0.05, 0.1) is 0 Å². The molecule has 0 saturated heterocycles. The Morgan fingerprint density at radius 2 is 2.17 bits per heavy atom. The highest BCUT2D eigenvalue weighted by Crippen LogP contribution is 2.36. The van der Waals surface area contributed by atoms with Crippen LogP contribution in [0.4, 0.5) is 11.5 Å². The summed E-state index contributed by atoms with van der Waals surface area (Å²) in [5.74, 6) is 0.620. The first kappa shape index (κ1) is 15.5. The molecule has 1 aliphatic rings. The molecule has 1 amide bonds. The lowest BCUT2D eigenvalue weighted by molar-refractivity contribution is 0.0934. The minimum absolute atomic E-state index is 0.132. The molecule has 0 radical (unpaired) electrons. The van der Waals surface area contributed by atoms with Crippen molar-refractivity contribution in [3.8, 4) is 0 Å². The van der Waals surface area contributed by atoms with Gasteiger partial charge < -0.3 is 10.2 Å². The van der Waals surface area contributed by atoms with E-state index in [0.29, 0.717) is 11.7 Å². The van der Waals surface area contributed by atoms with Gasteiger partial charge in [-0.25, -0.2) is 9.97 Å². The number of para-hydroxylation sites is 1. The van der Waals surface area contributed by atoms with E-state index in [2.05, 4.69) is 45.3 Å². The van der Waals surface area contributed by atoms with Crippen molar-refractivity contribution >= 4 is 17.4 Å². The van der Waals surface area contributed by atoms with E-state index in [0.717, 1.165) is 24.3 Å². The fourth-order valence-electron chi connectivity index (χ4n) is 2.92. The van der Waals surface area contributed by atoms with Crippen LogP contribution < -0.4 is 10.2 Å². The van der Waals surface area contributed by atoms with Crippen molar-refractivity contribution in [1.29, 1.82) is 0 Å². The minimum atomic E-state index is -0.150. The van der Waals surface area contributed by atoms with Crippen molar-refractivity contribution in [3.05, 3.63) is 47.9 Å². The lowest BCUT2D eigenvalue weighted by Crippen LogP contribution is -2.33. The molecule has 0 saturated carbocycles. The number of amides is 1. The third kappa shape index (κ3) is 3.04. The average molecular weight is 310 g/mol. The number of fused-ring (bicyclic) bond motifs is 1. The van der Waals surface area contributed by atoms with Gasteiger partial charge >= 0.3 is 0 Å². The zero-order valence-electron chi connectivity index (χ0n) is 13.8. The van der Waals surface area contributed by atoms with Gasteiger partial charge in [-0.2, -0.15) is 0 Å². The summed E-state index contributed by atoms with van der Waals surface area (Å²) in [6.07, 6.45) is 3.34. The number of nitrogens with zero attached hydrogens (tertiary/aromatic N) is 3. The van der Waals surface area contributed by atoms with Crippen LogP contribution in [0.2, 0.25) is 0 Å². The van der Waals surface area contributed by atoms with Crippen LogP contribution in [-0.2, 0) is 6.42 Å². The van der Waals surface area contributed by atoms with Crippen LogP contribution in [0.25, 0.3) is 0 Å². The van der Waals surface area contributed by atoms with E-state index in [4.69, 9.17) is 0 Å². The van der Waals surface area contributed by atoms with Gasteiger partial charge in [-0.15, -0.1) is 0 Å². The van der Waals surface area contributed by atoms with Crippen LogP contribution in [0.15, 0.2) is 36.7 Å². The van der Waals surface area contributed by atoms with E-state index in [1.807, 2.05) is 19.9 Å². The predicted molar refractivity (Wildman–Crippen MR) is 91.0 cm³/mol. The van der Waals surface area contributed by atoms with Gasteiger partial charge in [0.2, 0.25) is 0 Å². The second kappa shape index (κ2) is 6.36. The number of aromatic nitrogens is 2. The molecule has 1 aromatic carbocycles. The quantitative estimate of drug-likeness (QED) is 0.943. The summed E-state index contributed by atoms with van der Waals surface area (Å²) < 4.78 is 0. The Balaban J connectivity index is 1.90. The van der Waals surface area contributed by atoms with Crippen LogP contribution in [0, 0.1) is 0 Å². The molecule has 0 aliphatic carbocycles. The normalized spacial score (nSPS) is 17.7. The van der Waals surface area contributed by atoms with Crippen LogP contribution in [0.1, 0.15) is 43.2 Å². The molecule has 2 atom stereocenters. The Labute approximate surface area is 136 Å². The van der Waals surface area contributed by atoms with E-state index in [1.54, 1.807) is 6.07 Å². The van der Waals surface area contributed by atoms with E-state index in [-0.39, 0.29) is 11.9 Å². The number of nitrogens with one attached hydrogen (secondary N) is 1. The highest BCUT2D eigenvalue weighted by atomic mass is 16.1. The highest BCUT2D eigenvalue weighted by Gasteiger charge is 2.28. The monoisotopic (exact) mass is 310 g/mol. The van der Waals surface area contributed by atoms with Crippen LogP contribution in [0.3, 0.4) is 0 Å². The molecule has 2 aromatic rings. The van der Waals surface area contributed by atoms with Crippen LogP contribution >= 0.6 is 0 Å². The second-order valence-electron chi connectivity index (χ2n) is 6.10. The minimum Gasteiger partial charge on any atom is -0.348 e. The molecule has 3 rings (SSSR count). The van der Waals surface area contributed by atoms with E-state index in [9.17, 15) is 4.79 Å². The fraction of sp³-hybridized carbons (Fsp3) is 0.389. The fourth-order valence-corrected chi connectivity index (χ4v) is 2.92. The smallest absolute Gasteiger partial charge is 0.270 e. The Hall–Kier alpha value is -2.43. The van der Waals surface area contributed by atoms with E-state index < -0.39 is 0 Å². The SMILES string of the molecule is CCC(C)NC(=O)c1cc(N2c3ccccc3CC2C)ncn1. The maximum Gasteiger partial charge on any atom is 0.270 e. The maximum absolute atomic E-state index is 12.3. The average Bonchev–Trinajstić information content (AvgIpc) is 2.90. The van der Waals surface area contributed by atoms with E-state index >= 15 is 0 Å². The summed E-state index contributed by atoms with van der Waals surface area (Å²) in [4.78, 5) is 23.0. The summed E-state index contributed by atoms with van der Waals surface area (Å²) in [6, 6.07) is 10.5. The third-order valence-electron chi connectivity index (χ3n) is 4.33. The molecule has 2 unspecified atom stereocenters. The second-order valence-corrected chi connectivity index (χ2v) is 6.10. The molecule has 0 bridgehead atoms. The molecule has 5 nitrogen and oxygen atoms in total. The van der Waals surface area contributed by atoms with Gasteiger partial charge in [-0.05, 0) is 38.3 Å². The van der Waals surface area contributed by atoms with Gasteiger partial charge in [0.1, 0.15) is 17.8 Å². The zero-order chi connectivity index (χ0) is 16.4. The number of rotatable bonds is 4. The van der Waals surface area contributed by atoms with Gasteiger partial charge in [0, 0.05) is 23.8 Å². The third-order valence-corrected chi connectivity index (χ3v) is 4.33. The Kier molecular flexibility index (Phi) is 4.28. The highest BCUT2D eigenvalue weighted by molar-refractivity contribution is 5.93. The number of carbonyl (C=O) groups excluding carboxylic acids is 1. The standard InChI is InChI=1S/C18H22N4O/c1-4-12(2)21-18(23)15-10-17(20-11-19-15)22-13(3)9-14-7-5-6-8-16(14)22/h5-8,10-13H,4,9H2,1-3H3,(H,21,23). The molecular formula is C18H22N4O. The van der Waals surface area contributed by atoms with Crippen molar-refractivity contribution in [2.45, 2.75) is 45.7 Å². The largest absolute Gasteiger partial charge is 0.348 e. The Morgan fingerprint density at radius 1 is 1.39 bits per heavy atom. The van der Waals surface area contributed by atoms with Gasteiger partial charge in [0.15, 0.2) is 0 Å². The predicted octanol–water partition coefficient (Wildman–Crippen LogP) is 3.09. The number of anilines is 2. The molecule has 1 N–H and O–H groups in total. The first-order chi connectivity index (χ1) is 11.1. The zero-order valence-corrected chi connectivity index (χ0v) is 13.8. The summed E-state index contributed by atoms with van der Waals surface area (Å²) in [5, 5.41) is 2.95. The first-order valence-electron chi connectivity index (χ1n) is 8.10. The lowest BCUT2D eigenvalue weighted by Gasteiger charge is -2.24. The van der Waals surface area contributed by atoms with Crippen molar-refractivity contribution in [2.75, 3.05) is 4.90 Å². The Bertz CT molecular complexity index is 716. The van der Waals surface area contributed by atoms with Crippen molar-refractivity contribution < 1.29 is 4.79 Å². The number of benzene rings is 1. The summed E-state index contributed by atoms with van der Waals surface area (Å²) in [6.45, 7) is 6.19. The molecule has 1 aliphatic heterocycles. The molecule has 1 aromatic heterocycles. The van der Waals surface area contributed by atoms with Gasteiger partial charge in [0.25, 0.3) is 5.91 Å². The number of hydrogen-bond acceptors (Lipinski definition) is 4. The molecule has 120 valence electrons. The van der Waals surface area contributed by atoms with Gasteiger partial charge in [-0.3, -0.25) is 4.79 Å². The molecule has 0 spiro atoms. The molecule has 23 heavy (non-hydrogen) atoms. The number of hydrogen-bond donors (Lipinski definition) is 1. The molecule has 0 fully saturated rings. The van der Waals surface area contributed by atoms with Gasteiger partial charge in [-0.1, -0.05) is 25.1 Å². The summed E-state index contributed by atoms with van der Waals surface area (Å²) in [7, 11) is 0. The van der Waals surface area contributed by atoms with Crippen molar-refractivity contribution in [2.24, 2.45) is 0 Å². The lowest BCUT2D eigenvalue weighted by atomic mass is 10.1. The van der Waals surface area contributed by atoms with Crippen LogP contribution in [-0.4, -0.2) is 28.0 Å². The van der Waals surface area contributed by atoms with Crippen molar-refractivity contribution in [1.82, 2.24) is 15.3 Å². The summed E-state index contributed by atoms with van der Waals surface area (Å²) in [5.41, 5.74) is 2.88. The first-order valence-corrected chi connectivity index (χ1v) is 8.10. The topological polar surface area (TPSA) is 58.1 Å². The Morgan fingerprint density at radius 3 is 2.96 bits per heavy atom. The molecule has 5 heteroatoms. The maximum atomic E-state index is 12.3. The molecule has 2 heterocycles.